The Labute approximate surface area is 345 Å². The van der Waals surface area contributed by atoms with Crippen LogP contribution in [0.15, 0.2) is 217 Å². The summed E-state index contributed by atoms with van der Waals surface area (Å²) in [5.41, 5.74) is 19.6. The zero-order chi connectivity index (χ0) is 39.5. The van der Waals surface area contributed by atoms with Gasteiger partial charge in [-0.25, -0.2) is 0 Å². The van der Waals surface area contributed by atoms with E-state index < -0.39 is 0 Å². The quantitative estimate of drug-likeness (QED) is 0.161. The number of para-hydroxylation sites is 3. The maximum Gasteiger partial charge on any atom is 0.143 e. The lowest BCUT2D eigenvalue weighted by atomic mass is 9.82. The zero-order valence-electron chi connectivity index (χ0n) is 33.1. The van der Waals surface area contributed by atoms with Crippen molar-refractivity contribution >= 4 is 39.0 Å². The third kappa shape index (κ3) is 5.71. The van der Waals surface area contributed by atoms with Crippen molar-refractivity contribution in [1.82, 2.24) is 0 Å². The lowest BCUT2D eigenvalue weighted by molar-refractivity contribution is 0.660. The van der Waals surface area contributed by atoms with Crippen LogP contribution in [0, 0.1) is 0 Å². The Kier molecular flexibility index (Phi) is 8.20. The predicted molar refractivity (Wildman–Crippen MR) is 248 cm³/mol. The van der Waals surface area contributed by atoms with E-state index in [2.05, 4.69) is 231 Å². The smallest absolute Gasteiger partial charge is 0.143 e. The molecule has 0 saturated carbocycles. The van der Waals surface area contributed by atoms with E-state index in [0.717, 1.165) is 61.3 Å². The number of fused-ring (bicyclic) bond motifs is 6. The van der Waals surface area contributed by atoms with E-state index in [4.69, 9.17) is 4.42 Å². The SMILES string of the molecule is CC1(C)c2ccccc2-c2c(-c3ccccc3N(c3ccc(-c4ccccc4)cc3)c3ccc(-c4cccc5c4oc4c(-c6ccccc6)cccc45)cc3)cccc21. The molecule has 1 heterocycles. The van der Waals surface area contributed by atoms with E-state index in [0.29, 0.717) is 0 Å². The summed E-state index contributed by atoms with van der Waals surface area (Å²) in [5, 5.41) is 2.24. The van der Waals surface area contributed by atoms with Gasteiger partial charge in [-0.15, -0.1) is 0 Å². The molecule has 0 radical (unpaired) electrons. The normalized spacial score (nSPS) is 12.7. The first-order valence-electron chi connectivity index (χ1n) is 20.4. The van der Waals surface area contributed by atoms with Crippen LogP contribution in [0.1, 0.15) is 25.0 Å². The summed E-state index contributed by atoms with van der Waals surface area (Å²) in [6.45, 7) is 4.70. The number of hydrogen-bond acceptors (Lipinski definition) is 2. The van der Waals surface area contributed by atoms with Gasteiger partial charge in [0, 0.05) is 44.3 Å². The van der Waals surface area contributed by atoms with Crippen LogP contribution in [0.25, 0.3) is 77.6 Å². The summed E-state index contributed by atoms with van der Waals surface area (Å²) < 4.78 is 6.82. The fourth-order valence-corrected chi connectivity index (χ4v) is 9.42. The minimum absolute atomic E-state index is 0.0918. The molecule has 2 nitrogen and oxygen atoms in total. The molecule has 9 aromatic carbocycles. The molecular weight excluding hydrogens is 715 g/mol. The largest absolute Gasteiger partial charge is 0.455 e. The van der Waals surface area contributed by atoms with Crippen LogP contribution in [0.5, 0.6) is 0 Å². The van der Waals surface area contributed by atoms with Crippen LogP contribution < -0.4 is 4.90 Å². The molecule has 0 aliphatic heterocycles. The van der Waals surface area contributed by atoms with Crippen LogP contribution in [0.3, 0.4) is 0 Å². The highest BCUT2D eigenvalue weighted by Gasteiger charge is 2.37. The molecule has 0 atom stereocenters. The first-order valence-corrected chi connectivity index (χ1v) is 20.4. The molecular formula is C57H41NO. The van der Waals surface area contributed by atoms with E-state index in [1.165, 1.54) is 44.5 Å². The van der Waals surface area contributed by atoms with Crippen LogP contribution in [-0.2, 0) is 5.41 Å². The van der Waals surface area contributed by atoms with Gasteiger partial charge >= 0.3 is 0 Å². The monoisotopic (exact) mass is 755 g/mol. The van der Waals surface area contributed by atoms with Crippen LogP contribution in [0.4, 0.5) is 17.1 Å². The topological polar surface area (TPSA) is 16.4 Å². The van der Waals surface area contributed by atoms with Crippen molar-refractivity contribution in [2.45, 2.75) is 19.3 Å². The van der Waals surface area contributed by atoms with Gasteiger partial charge in [0.1, 0.15) is 11.2 Å². The Bertz CT molecular complexity index is 3160. The van der Waals surface area contributed by atoms with Gasteiger partial charge in [-0.05, 0) is 80.4 Å². The van der Waals surface area contributed by atoms with Crippen molar-refractivity contribution in [3.63, 3.8) is 0 Å². The second-order valence-electron chi connectivity index (χ2n) is 16.0. The van der Waals surface area contributed by atoms with Gasteiger partial charge in [-0.3, -0.25) is 0 Å². The highest BCUT2D eigenvalue weighted by atomic mass is 16.3. The molecule has 1 aliphatic carbocycles. The fourth-order valence-electron chi connectivity index (χ4n) is 9.42. The Morgan fingerprint density at radius 3 is 1.42 bits per heavy atom. The van der Waals surface area contributed by atoms with Crippen molar-refractivity contribution in [3.05, 3.63) is 223 Å². The molecule has 2 heteroatoms. The lowest BCUT2D eigenvalue weighted by Crippen LogP contribution is -2.14. The molecule has 0 N–H and O–H groups in total. The fraction of sp³-hybridized carbons (Fsp3) is 0.0526. The van der Waals surface area contributed by atoms with Gasteiger partial charge in [-0.1, -0.05) is 196 Å². The molecule has 0 unspecified atom stereocenters. The van der Waals surface area contributed by atoms with E-state index >= 15 is 0 Å². The highest BCUT2D eigenvalue weighted by molar-refractivity contribution is 6.13. The first-order chi connectivity index (χ1) is 29.0. The Morgan fingerprint density at radius 2 is 0.780 bits per heavy atom. The van der Waals surface area contributed by atoms with Crippen molar-refractivity contribution in [3.8, 4) is 55.6 Å². The van der Waals surface area contributed by atoms with Gasteiger partial charge in [-0.2, -0.15) is 0 Å². The number of hydrogen-bond donors (Lipinski definition) is 0. The summed E-state index contributed by atoms with van der Waals surface area (Å²) in [7, 11) is 0. The Balaban J connectivity index is 1.06. The minimum Gasteiger partial charge on any atom is -0.455 e. The van der Waals surface area contributed by atoms with Crippen molar-refractivity contribution in [2.75, 3.05) is 4.90 Å². The van der Waals surface area contributed by atoms with E-state index in [1.807, 2.05) is 0 Å². The van der Waals surface area contributed by atoms with Crippen molar-refractivity contribution < 1.29 is 4.42 Å². The molecule has 59 heavy (non-hydrogen) atoms. The second kappa shape index (κ2) is 13.9. The molecule has 1 aliphatic rings. The molecule has 280 valence electrons. The minimum atomic E-state index is -0.0918. The number of furan rings is 1. The molecule has 0 amide bonds. The lowest BCUT2D eigenvalue weighted by Gasteiger charge is -2.29. The average molecular weight is 756 g/mol. The molecule has 0 bridgehead atoms. The number of nitrogens with zero attached hydrogens (tertiary/aromatic N) is 1. The maximum atomic E-state index is 6.82. The van der Waals surface area contributed by atoms with E-state index in [9.17, 15) is 0 Å². The standard InChI is InChI=1S/C57H41NO/c1-57(2)51-27-11-9-21-50(51)54-47(24-15-28-52(54)57)46-20-10-12-29-53(46)58(42-34-30-39(31-35-42)38-16-5-3-6-17-38)43-36-32-41(33-37-43)45-23-14-26-49-48-25-13-22-44(55(48)59-56(45)49)40-18-7-4-8-19-40/h3-37H,1-2H3. The number of anilines is 3. The van der Waals surface area contributed by atoms with E-state index in [1.54, 1.807) is 0 Å². The molecule has 0 spiro atoms. The number of benzene rings is 9. The summed E-state index contributed by atoms with van der Waals surface area (Å²) in [6, 6.07) is 76.6. The molecule has 0 fully saturated rings. The predicted octanol–water partition coefficient (Wildman–Crippen LogP) is 16.0. The second-order valence-corrected chi connectivity index (χ2v) is 16.0. The Hall–Kier alpha value is -7.42. The molecule has 11 rings (SSSR count). The van der Waals surface area contributed by atoms with Gasteiger partial charge in [0.05, 0.1) is 5.69 Å². The molecule has 1 aromatic heterocycles. The summed E-state index contributed by atoms with van der Waals surface area (Å²) in [5.74, 6) is 0. The van der Waals surface area contributed by atoms with E-state index in [-0.39, 0.29) is 5.41 Å². The first kappa shape index (κ1) is 34.8. The zero-order valence-corrected chi connectivity index (χ0v) is 33.1. The third-order valence-corrected chi connectivity index (χ3v) is 12.3. The van der Waals surface area contributed by atoms with Crippen LogP contribution >= 0.6 is 0 Å². The Morgan fingerprint density at radius 1 is 0.339 bits per heavy atom. The van der Waals surface area contributed by atoms with Crippen molar-refractivity contribution in [1.29, 1.82) is 0 Å². The summed E-state index contributed by atoms with van der Waals surface area (Å²) in [4.78, 5) is 2.41. The van der Waals surface area contributed by atoms with Gasteiger partial charge in [0.25, 0.3) is 0 Å². The van der Waals surface area contributed by atoms with Gasteiger partial charge in [0.15, 0.2) is 0 Å². The molecule has 10 aromatic rings. The maximum absolute atomic E-state index is 6.82. The van der Waals surface area contributed by atoms with Gasteiger partial charge < -0.3 is 9.32 Å². The highest BCUT2D eigenvalue weighted by Crippen LogP contribution is 2.54. The van der Waals surface area contributed by atoms with Gasteiger partial charge in [0.2, 0.25) is 0 Å². The summed E-state index contributed by atoms with van der Waals surface area (Å²) in [6.07, 6.45) is 0. The van der Waals surface area contributed by atoms with Crippen molar-refractivity contribution in [2.24, 2.45) is 0 Å². The van der Waals surface area contributed by atoms with Crippen LogP contribution in [-0.4, -0.2) is 0 Å². The summed E-state index contributed by atoms with van der Waals surface area (Å²) >= 11 is 0. The third-order valence-electron chi connectivity index (χ3n) is 12.3. The number of rotatable bonds is 7. The average Bonchev–Trinajstić information content (AvgIpc) is 3.80. The molecule has 0 saturated heterocycles. The van der Waals surface area contributed by atoms with Crippen LogP contribution in [0.2, 0.25) is 0 Å².